The highest BCUT2D eigenvalue weighted by Gasteiger charge is 2.17. The van der Waals surface area contributed by atoms with Crippen LogP contribution < -0.4 is 16.1 Å². The van der Waals surface area contributed by atoms with Crippen molar-refractivity contribution >= 4 is 51.2 Å². The summed E-state index contributed by atoms with van der Waals surface area (Å²) in [6.45, 7) is 0. The molecular formula is C22H17BrN4O4. The van der Waals surface area contributed by atoms with E-state index in [4.69, 9.17) is 0 Å². The third-order valence-electron chi connectivity index (χ3n) is 4.02. The van der Waals surface area contributed by atoms with E-state index in [0.717, 1.165) is 0 Å². The fraction of sp³-hybridized carbons (Fsp3) is 0. The van der Waals surface area contributed by atoms with Gasteiger partial charge in [0.25, 0.3) is 5.91 Å². The van der Waals surface area contributed by atoms with Crippen LogP contribution in [0.5, 0.6) is 5.75 Å². The highest BCUT2D eigenvalue weighted by Crippen LogP contribution is 2.20. The molecule has 3 aromatic rings. The van der Waals surface area contributed by atoms with E-state index in [2.05, 4.69) is 37.1 Å². The van der Waals surface area contributed by atoms with Crippen LogP contribution in [-0.2, 0) is 9.59 Å². The van der Waals surface area contributed by atoms with E-state index < -0.39 is 17.7 Å². The SMILES string of the molecule is O=C(NN=Cc1cc(Br)ccc1O)C(=O)Nc1ccccc1C(=O)Nc1ccccc1. The van der Waals surface area contributed by atoms with Gasteiger partial charge in [0, 0.05) is 15.7 Å². The minimum atomic E-state index is -1.04. The molecule has 0 bridgehead atoms. The zero-order valence-electron chi connectivity index (χ0n) is 16.0. The van der Waals surface area contributed by atoms with Crippen molar-refractivity contribution in [1.82, 2.24) is 5.43 Å². The van der Waals surface area contributed by atoms with Crippen molar-refractivity contribution in [3.8, 4) is 5.75 Å². The summed E-state index contributed by atoms with van der Waals surface area (Å²) in [4.78, 5) is 36.8. The van der Waals surface area contributed by atoms with Gasteiger partial charge in [-0.2, -0.15) is 5.10 Å². The van der Waals surface area contributed by atoms with E-state index in [9.17, 15) is 19.5 Å². The van der Waals surface area contributed by atoms with Crippen LogP contribution >= 0.6 is 15.9 Å². The summed E-state index contributed by atoms with van der Waals surface area (Å²) in [6, 6.07) is 19.8. The van der Waals surface area contributed by atoms with E-state index in [1.165, 1.54) is 24.4 Å². The van der Waals surface area contributed by atoms with Crippen molar-refractivity contribution in [2.45, 2.75) is 0 Å². The number of nitrogens with one attached hydrogen (secondary N) is 3. The summed E-state index contributed by atoms with van der Waals surface area (Å²) in [5, 5.41) is 18.5. The van der Waals surface area contributed by atoms with Gasteiger partial charge in [0.05, 0.1) is 17.5 Å². The molecule has 31 heavy (non-hydrogen) atoms. The number of nitrogens with zero attached hydrogens (tertiary/aromatic N) is 1. The molecule has 0 aliphatic heterocycles. The molecule has 0 aliphatic rings. The minimum absolute atomic E-state index is 0.0380. The molecule has 3 amide bonds. The highest BCUT2D eigenvalue weighted by molar-refractivity contribution is 9.10. The number of amides is 3. The number of halogens is 1. The zero-order chi connectivity index (χ0) is 22.2. The Morgan fingerprint density at radius 2 is 1.58 bits per heavy atom. The lowest BCUT2D eigenvalue weighted by atomic mass is 10.1. The number of carbonyl (C=O) groups is 3. The second-order valence-electron chi connectivity index (χ2n) is 6.22. The van der Waals surface area contributed by atoms with Gasteiger partial charge in [-0.1, -0.05) is 46.3 Å². The van der Waals surface area contributed by atoms with Gasteiger partial charge in [-0.3, -0.25) is 14.4 Å². The summed E-state index contributed by atoms with van der Waals surface area (Å²) in [7, 11) is 0. The average Bonchev–Trinajstić information content (AvgIpc) is 2.77. The third kappa shape index (κ3) is 6.00. The van der Waals surface area contributed by atoms with Gasteiger partial charge in [0.1, 0.15) is 5.75 Å². The number of rotatable bonds is 5. The molecule has 0 unspecified atom stereocenters. The molecule has 0 radical (unpaired) electrons. The van der Waals surface area contributed by atoms with Gasteiger partial charge in [-0.05, 0) is 42.5 Å². The number of carbonyl (C=O) groups excluding carboxylic acids is 3. The maximum atomic E-state index is 12.6. The summed E-state index contributed by atoms with van der Waals surface area (Å²) in [5.41, 5.74) is 3.38. The second-order valence-corrected chi connectivity index (χ2v) is 7.14. The van der Waals surface area contributed by atoms with Crippen molar-refractivity contribution in [1.29, 1.82) is 0 Å². The Labute approximate surface area is 186 Å². The van der Waals surface area contributed by atoms with Crippen molar-refractivity contribution in [2.24, 2.45) is 5.10 Å². The highest BCUT2D eigenvalue weighted by atomic mass is 79.9. The maximum absolute atomic E-state index is 12.6. The second kappa shape index (κ2) is 10.2. The van der Waals surface area contributed by atoms with Gasteiger partial charge >= 0.3 is 11.8 Å². The van der Waals surface area contributed by atoms with Crippen LogP contribution in [-0.4, -0.2) is 29.0 Å². The smallest absolute Gasteiger partial charge is 0.329 e. The zero-order valence-corrected chi connectivity index (χ0v) is 17.6. The Bertz CT molecular complexity index is 1150. The molecule has 0 fully saturated rings. The fourth-order valence-corrected chi connectivity index (χ4v) is 2.91. The number of hydrogen-bond acceptors (Lipinski definition) is 5. The van der Waals surface area contributed by atoms with Crippen LogP contribution in [0.15, 0.2) is 82.4 Å². The molecule has 0 aliphatic carbocycles. The minimum Gasteiger partial charge on any atom is -0.507 e. The predicted molar refractivity (Wildman–Crippen MR) is 121 cm³/mol. The molecule has 3 aromatic carbocycles. The van der Waals surface area contributed by atoms with E-state index in [0.29, 0.717) is 15.7 Å². The molecule has 3 rings (SSSR count). The first-order chi connectivity index (χ1) is 14.9. The molecule has 0 spiro atoms. The molecule has 0 saturated carbocycles. The maximum Gasteiger partial charge on any atom is 0.329 e. The molecule has 0 saturated heterocycles. The largest absolute Gasteiger partial charge is 0.507 e. The van der Waals surface area contributed by atoms with Crippen molar-refractivity contribution in [3.05, 3.63) is 88.4 Å². The topological polar surface area (TPSA) is 120 Å². The van der Waals surface area contributed by atoms with Crippen LogP contribution in [0, 0.1) is 0 Å². The van der Waals surface area contributed by atoms with Gasteiger partial charge in [0.15, 0.2) is 0 Å². The Kier molecular flexibility index (Phi) is 7.13. The Balaban J connectivity index is 1.65. The molecule has 0 heterocycles. The first-order valence-electron chi connectivity index (χ1n) is 9.02. The fourth-order valence-electron chi connectivity index (χ4n) is 2.53. The first kappa shape index (κ1) is 21.7. The lowest BCUT2D eigenvalue weighted by Gasteiger charge is -2.11. The van der Waals surface area contributed by atoms with Crippen LogP contribution in [0.3, 0.4) is 0 Å². The van der Waals surface area contributed by atoms with E-state index in [1.807, 2.05) is 6.07 Å². The first-order valence-corrected chi connectivity index (χ1v) is 9.81. The summed E-state index contributed by atoms with van der Waals surface area (Å²) in [5.74, 6) is -2.52. The Hall–Kier alpha value is -3.98. The molecule has 0 aromatic heterocycles. The normalized spacial score (nSPS) is 10.5. The molecule has 8 nitrogen and oxygen atoms in total. The third-order valence-corrected chi connectivity index (χ3v) is 4.51. The molecule has 9 heteroatoms. The number of benzene rings is 3. The molecule has 4 N–H and O–H groups in total. The van der Waals surface area contributed by atoms with Gasteiger partial charge in [-0.15, -0.1) is 0 Å². The number of phenols is 1. The van der Waals surface area contributed by atoms with Crippen molar-refractivity contribution in [2.75, 3.05) is 10.6 Å². The van der Waals surface area contributed by atoms with Crippen LogP contribution in [0.25, 0.3) is 0 Å². The van der Waals surface area contributed by atoms with Crippen LogP contribution in [0.2, 0.25) is 0 Å². The number of phenolic OH excluding ortho intramolecular Hbond substituents is 1. The van der Waals surface area contributed by atoms with Crippen molar-refractivity contribution in [3.63, 3.8) is 0 Å². The number of hydrazone groups is 1. The number of para-hydroxylation sites is 2. The van der Waals surface area contributed by atoms with E-state index in [-0.39, 0.29) is 17.0 Å². The lowest BCUT2D eigenvalue weighted by Crippen LogP contribution is -2.33. The number of hydrogen-bond donors (Lipinski definition) is 4. The lowest BCUT2D eigenvalue weighted by molar-refractivity contribution is -0.136. The van der Waals surface area contributed by atoms with Gasteiger partial charge in [0.2, 0.25) is 0 Å². The Morgan fingerprint density at radius 3 is 2.35 bits per heavy atom. The number of anilines is 2. The molecular weight excluding hydrogens is 464 g/mol. The van der Waals surface area contributed by atoms with E-state index >= 15 is 0 Å². The van der Waals surface area contributed by atoms with Crippen LogP contribution in [0.1, 0.15) is 15.9 Å². The van der Waals surface area contributed by atoms with E-state index in [1.54, 1.807) is 48.5 Å². The summed E-state index contributed by atoms with van der Waals surface area (Å²) < 4.78 is 0.709. The molecule has 156 valence electrons. The average molecular weight is 481 g/mol. The molecule has 0 atom stereocenters. The summed E-state index contributed by atoms with van der Waals surface area (Å²) in [6.07, 6.45) is 1.20. The predicted octanol–water partition coefficient (Wildman–Crippen LogP) is 3.50. The number of aromatic hydroxyl groups is 1. The quantitative estimate of drug-likeness (QED) is 0.253. The monoisotopic (exact) mass is 480 g/mol. The Morgan fingerprint density at radius 1 is 0.871 bits per heavy atom. The van der Waals surface area contributed by atoms with Gasteiger partial charge < -0.3 is 15.7 Å². The standard InChI is InChI=1S/C22H17BrN4O4/c23-15-10-11-19(28)14(12-15)13-24-27-22(31)21(30)26-18-9-5-4-8-17(18)20(29)25-16-6-2-1-3-7-16/h1-13,28H,(H,25,29)(H,26,30)(H,27,31). The van der Waals surface area contributed by atoms with Crippen LogP contribution in [0.4, 0.5) is 11.4 Å². The van der Waals surface area contributed by atoms with Crippen molar-refractivity contribution < 1.29 is 19.5 Å². The summed E-state index contributed by atoms with van der Waals surface area (Å²) >= 11 is 3.26. The van der Waals surface area contributed by atoms with Gasteiger partial charge in [-0.25, -0.2) is 5.43 Å².